The largest absolute Gasteiger partial charge is 0.495 e. The molecule has 0 aliphatic heterocycles. The van der Waals surface area contributed by atoms with Gasteiger partial charge in [0.15, 0.2) is 17.3 Å². The van der Waals surface area contributed by atoms with Gasteiger partial charge in [-0.15, -0.1) is 0 Å². The predicted molar refractivity (Wildman–Crippen MR) is 132 cm³/mol. The van der Waals surface area contributed by atoms with E-state index in [1.54, 1.807) is 6.07 Å². The highest BCUT2D eigenvalue weighted by Crippen LogP contribution is 2.45. The summed E-state index contributed by atoms with van der Waals surface area (Å²) in [5.74, 6) is -1.59. The molecule has 0 radical (unpaired) electrons. The zero-order chi connectivity index (χ0) is 28.6. The highest BCUT2D eigenvalue weighted by Gasteiger charge is 2.64. The number of alkyl halides is 3. The minimum atomic E-state index is -5.22. The number of rotatable bonds is 9. The van der Waals surface area contributed by atoms with Gasteiger partial charge in [-0.25, -0.2) is 9.59 Å². The molecule has 0 fully saturated rings. The Labute approximate surface area is 219 Å². The first kappa shape index (κ1) is 28.0. The minimum Gasteiger partial charge on any atom is -0.495 e. The maximum Gasteiger partial charge on any atom is 0.432 e. The summed E-state index contributed by atoms with van der Waals surface area (Å²) < 4.78 is 75.2. The third-order valence-corrected chi connectivity index (χ3v) is 6.19. The molecule has 12 heteroatoms. The van der Waals surface area contributed by atoms with Gasteiger partial charge < -0.3 is 32.9 Å². The summed E-state index contributed by atoms with van der Waals surface area (Å²) in [6.45, 7) is 1.80. The highest BCUT2D eigenvalue weighted by atomic mass is 19.4. The maximum atomic E-state index is 14.3. The zero-order valence-corrected chi connectivity index (χ0v) is 21.3. The van der Waals surface area contributed by atoms with E-state index in [9.17, 15) is 27.9 Å². The van der Waals surface area contributed by atoms with E-state index in [1.807, 2.05) is 0 Å². The van der Waals surface area contributed by atoms with Gasteiger partial charge in [0.05, 0.1) is 29.7 Å². The van der Waals surface area contributed by atoms with Crippen LogP contribution in [0.2, 0.25) is 0 Å². The molecule has 0 aliphatic rings. The third kappa shape index (κ3) is 4.92. The quantitative estimate of drug-likeness (QED) is 0.233. The van der Waals surface area contributed by atoms with Crippen LogP contribution in [0.15, 0.2) is 68.4 Å². The van der Waals surface area contributed by atoms with Gasteiger partial charge in [0.25, 0.3) is 5.60 Å². The van der Waals surface area contributed by atoms with Crippen molar-refractivity contribution in [2.45, 2.75) is 37.3 Å². The molecule has 2 atom stereocenters. The van der Waals surface area contributed by atoms with Crippen LogP contribution in [0.25, 0.3) is 21.9 Å². The number of hydrogen-bond acceptors (Lipinski definition) is 9. The molecule has 0 saturated heterocycles. The molecule has 4 aromatic rings. The van der Waals surface area contributed by atoms with Crippen molar-refractivity contribution in [3.05, 3.63) is 70.8 Å². The SMILES string of the molecule is COc1c2ccoc2c(OC[C@@H](OC(=O)[C@@](OC)(c2ccccc2)C(F)(F)F)C(C)(C)O)c2oc(=O)ccc12. The Bertz CT molecular complexity index is 1530. The summed E-state index contributed by atoms with van der Waals surface area (Å²) >= 11 is 0. The van der Waals surface area contributed by atoms with Gasteiger partial charge in [-0.05, 0) is 26.0 Å². The number of esters is 1. The standard InChI is InChI=1S/C27H25F3O9/c1-25(2,33)18(38-24(32)26(35-4,27(28,29)30)15-8-6-5-7-9-15)14-37-23-21-17(12-13-36-21)20(34-3)16-10-11-19(31)39-22(16)23/h5-13,18,33H,14H2,1-4H3/t18-,26+/m1/s1. The average molecular weight is 550 g/mol. The summed E-state index contributed by atoms with van der Waals surface area (Å²) in [5, 5.41) is 11.5. The van der Waals surface area contributed by atoms with E-state index in [4.69, 9.17) is 27.8 Å². The fourth-order valence-electron chi connectivity index (χ4n) is 4.17. The number of methoxy groups -OCH3 is 2. The van der Waals surface area contributed by atoms with E-state index in [0.717, 1.165) is 19.2 Å². The molecule has 0 saturated carbocycles. The van der Waals surface area contributed by atoms with Crippen LogP contribution in [0.4, 0.5) is 13.2 Å². The summed E-state index contributed by atoms with van der Waals surface area (Å²) in [7, 11) is 2.14. The maximum absolute atomic E-state index is 14.3. The monoisotopic (exact) mass is 550 g/mol. The van der Waals surface area contributed by atoms with E-state index in [2.05, 4.69) is 0 Å². The number of aliphatic hydroxyl groups is 1. The Morgan fingerprint density at radius 2 is 1.64 bits per heavy atom. The number of ether oxygens (including phenoxy) is 4. The summed E-state index contributed by atoms with van der Waals surface area (Å²) in [5.41, 5.74) is -6.58. The molecule has 208 valence electrons. The topological polar surface area (TPSA) is 118 Å². The normalized spacial score (nSPS) is 14.7. The van der Waals surface area contributed by atoms with Crippen molar-refractivity contribution in [1.82, 2.24) is 0 Å². The molecule has 0 spiro atoms. The Hall–Kier alpha value is -4.03. The first-order valence-corrected chi connectivity index (χ1v) is 11.6. The van der Waals surface area contributed by atoms with Crippen LogP contribution in [0, 0.1) is 0 Å². The van der Waals surface area contributed by atoms with Crippen molar-refractivity contribution in [3.63, 3.8) is 0 Å². The van der Waals surface area contributed by atoms with Gasteiger partial charge in [-0.2, -0.15) is 13.2 Å². The molecular weight excluding hydrogens is 525 g/mol. The number of hydrogen-bond donors (Lipinski definition) is 1. The molecule has 39 heavy (non-hydrogen) atoms. The first-order chi connectivity index (χ1) is 18.3. The second-order valence-corrected chi connectivity index (χ2v) is 9.13. The van der Waals surface area contributed by atoms with Crippen LogP contribution in [0.1, 0.15) is 19.4 Å². The van der Waals surface area contributed by atoms with Crippen LogP contribution >= 0.6 is 0 Å². The number of halogens is 3. The molecule has 2 aromatic carbocycles. The second-order valence-electron chi connectivity index (χ2n) is 9.13. The lowest BCUT2D eigenvalue weighted by molar-refractivity contribution is -0.281. The van der Waals surface area contributed by atoms with E-state index < -0.39 is 47.2 Å². The molecule has 2 heterocycles. The molecule has 4 rings (SSSR count). The lowest BCUT2D eigenvalue weighted by Crippen LogP contribution is -2.55. The van der Waals surface area contributed by atoms with Crippen molar-refractivity contribution in [1.29, 1.82) is 0 Å². The molecule has 9 nitrogen and oxygen atoms in total. The number of carbonyl (C=O) groups is 1. The van der Waals surface area contributed by atoms with Crippen LogP contribution in [-0.4, -0.2) is 49.8 Å². The van der Waals surface area contributed by atoms with E-state index in [0.29, 0.717) is 16.5 Å². The third-order valence-electron chi connectivity index (χ3n) is 6.19. The number of furan rings is 1. The fourth-order valence-corrected chi connectivity index (χ4v) is 4.17. The van der Waals surface area contributed by atoms with Crippen LogP contribution < -0.4 is 15.1 Å². The van der Waals surface area contributed by atoms with Crippen molar-refractivity contribution in [2.75, 3.05) is 20.8 Å². The van der Waals surface area contributed by atoms with Gasteiger partial charge in [0.2, 0.25) is 5.75 Å². The minimum absolute atomic E-state index is 0.0755. The number of fused-ring (bicyclic) bond motifs is 2. The summed E-state index contributed by atoms with van der Waals surface area (Å²) in [4.78, 5) is 25.2. The van der Waals surface area contributed by atoms with Gasteiger partial charge in [0, 0.05) is 18.7 Å². The molecule has 0 unspecified atom stereocenters. The Balaban J connectivity index is 1.74. The Morgan fingerprint density at radius 3 is 2.23 bits per heavy atom. The molecule has 2 aromatic heterocycles. The lowest BCUT2D eigenvalue weighted by Gasteiger charge is -2.36. The van der Waals surface area contributed by atoms with Gasteiger partial charge in [-0.1, -0.05) is 30.3 Å². The van der Waals surface area contributed by atoms with Crippen LogP contribution in [-0.2, 0) is 19.9 Å². The zero-order valence-electron chi connectivity index (χ0n) is 21.3. The first-order valence-electron chi connectivity index (χ1n) is 11.6. The van der Waals surface area contributed by atoms with Crippen LogP contribution in [0.3, 0.4) is 0 Å². The lowest BCUT2D eigenvalue weighted by atomic mass is 9.92. The summed E-state index contributed by atoms with van der Waals surface area (Å²) in [6, 6.07) is 10.5. The molecule has 0 bridgehead atoms. The van der Waals surface area contributed by atoms with E-state index >= 15 is 0 Å². The van der Waals surface area contributed by atoms with Crippen molar-refractivity contribution >= 4 is 27.9 Å². The van der Waals surface area contributed by atoms with Crippen molar-refractivity contribution < 1.29 is 50.9 Å². The van der Waals surface area contributed by atoms with E-state index in [1.165, 1.54) is 57.6 Å². The van der Waals surface area contributed by atoms with Gasteiger partial charge >= 0.3 is 17.8 Å². The van der Waals surface area contributed by atoms with Crippen molar-refractivity contribution in [3.8, 4) is 11.5 Å². The molecule has 0 aliphatic carbocycles. The predicted octanol–water partition coefficient (Wildman–Crippen LogP) is 4.71. The van der Waals surface area contributed by atoms with Gasteiger partial charge in [-0.3, -0.25) is 0 Å². The smallest absolute Gasteiger partial charge is 0.432 e. The summed E-state index contributed by atoms with van der Waals surface area (Å²) in [6.07, 6.45) is -5.54. The Morgan fingerprint density at radius 1 is 0.974 bits per heavy atom. The van der Waals surface area contributed by atoms with Gasteiger partial charge in [0.1, 0.15) is 12.4 Å². The number of carbonyl (C=O) groups excluding carboxylic acids is 1. The second kappa shape index (κ2) is 10.3. The molecular formula is C27H25F3O9. The van der Waals surface area contributed by atoms with Crippen LogP contribution in [0.5, 0.6) is 11.5 Å². The van der Waals surface area contributed by atoms with Crippen molar-refractivity contribution in [2.24, 2.45) is 0 Å². The Kier molecular flexibility index (Phi) is 7.37. The molecule has 1 N–H and O–H groups in total. The number of benzene rings is 2. The fraction of sp³-hybridized carbons (Fsp3) is 0.333. The molecule has 0 amide bonds. The highest BCUT2D eigenvalue weighted by molar-refractivity contribution is 6.06. The average Bonchev–Trinajstić information content (AvgIpc) is 3.35. The van der Waals surface area contributed by atoms with E-state index in [-0.39, 0.29) is 16.9 Å².